The summed E-state index contributed by atoms with van der Waals surface area (Å²) in [6, 6.07) is 13.9. The van der Waals surface area contributed by atoms with Crippen LogP contribution in [0.25, 0.3) is 11.0 Å². The minimum absolute atomic E-state index is 0.266. The molecule has 0 atom stereocenters. The Morgan fingerprint density at radius 2 is 1.80 bits per heavy atom. The van der Waals surface area contributed by atoms with Crippen molar-refractivity contribution in [1.82, 2.24) is 0 Å². The number of rotatable bonds is 4. The number of carbonyl (C=O) groups is 1. The summed E-state index contributed by atoms with van der Waals surface area (Å²) < 4.78 is 10.3. The molecule has 0 aliphatic carbocycles. The summed E-state index contributed by atoms with van der Waals surface area (Å²) in [6.07, 6.45) is 0. The van der Waals surface area contributed by atoms with Gasteiger partial charge in [0.05, 0.1) is 12.7 Å². The molecule has 5 nitrogen and oxygen atoms in total. The molecule has 1 N–H and O–H groups in total. The van der Waals surface area contributed by atoms with E-state index < -0.39 is 5.63 Å². The molecule has 0 aliphatic rings. The Morgan fingerprint density at radius 1 is 1.08 bits per heavy atom. The molecule has 0 fully saturated rings. The first kappa shape index (κ1) is 16.8. The minimum Gasteiger partial charge on any atom is -0.497 e. The molecule has 1 heterocycles. The maximum Gasteiger partial charge on any atom is 0.337 e. The van der Waals surface area contributed by atoms with Gasteiger partial charge in [-0.3, -0.25) is 4.79 Å². The predicted molar refractivity (Wildman–Crippen MR) is 97.5 cm³/mol. The normalized spacial score (nSPS) is 10.9. The van der Waals surface area contributed by atoms with Crippen LogP contribution in [0.15, 0.2) is 57.7 Å². The minimum atomic E-state index is -0.582. The van der Waals surface area contributed by atoms with Crippen molar-refractivity contribution in [2.45, 2.75) is 19.8 Å². The van der Waals surface area contributed by atoms with Gasteiger partial charge in [0.25, 0.3) is 5.91 Å². The molecule has 0 radical (unpaired) electrons. The van der Waals surface area contributed by atoms with Gasteiger partial charge in [-0.25, -0.2) is 4.79 Å². The first-order chi connectivity index (χ1) is 12.0. The predicted octanol–water partition coefficient (Wildman–Crippen LogP) is 4.18. The molecule has 0 aliphatic heterocycles. The van der Waals surface area contributed by atoms with Gasteiger partial charge in [-0.05, 0) is 35.7 Å². The molecule has 2 aromatic carbocycles. The molecule has 0 spiro atoms. The Bertz CT molecular complexity index is 971. The van der Waals surface area contributed by atoms with Gasteiger partial charge in [0.2, 0.25) is 0 Å². The van der Waals surface area contributed by atoms with Crippen LogP contribution in [0.2, 0.25) is 0 Å². The Labute approximate surface area is 145 Å². The van der Waals surface area contributed by atoms with Gasteiger partial charge in [-0.1, -0.05) is 26.0 Å². The van der Waals surface area contributed by atoms with Gasteiger partial charge < -0.3 is 14.5 Å². The van der Waals surface area contributed by atoms with E-state index in [1.54, 1.807) is 18.2 Å². The lowest BCUT2D eigenvalue weighted by Gasteiger charge is -2.10. The van der Waals surface area contributed by atoms with Crippen LogP contribution in [0, 0.1) is 0 Å². The maximum absolute atomic E-state index is 12.6. The summed E-state index contributed by atoms with van der Waals surface area (Å²) >= 11 is 0. The number of anilines is 1. The number of carbonyl (C=O) groups excluding carboxylic acids is 1. The van der Waals surface area contributed by atoms with Crippen LogP contribution in [0.5, 0.6) is 5.75 Å². The number of ether oxygens (including phenoxy) is 1. The van der Waals surface area contributed by atoms with Gasteiger partial charge in [0.15, 0.2) is 0 Å². The highest BCUT2D eigenvalue weighted by Crippen LogP contribution is 2.24. The molecule has 0 saturated carbocycles. The van der Waals surface area contributed by atoms with Crippen molar-refractivity contribution in [2.75, 3.05) is 12.4 Å². The lowest BCUT2D eigenvalue weighted by Crippen LogP contribution is -2.15. The van der Waals surface area contributed by atoms with E-state index in [1.165, 1.54) is 18.7 Å². The van der Waals surface area contributed by atoms with E-state index in [2.05, 4.69) is 19.2 Å². The summed E-state index contributed by atoms with van der Waals surface area (Å²) in [5, 5.41) is 3.37. The van der Waals surface area contributed by atoms with E-state index in [9.17, 15) is 9.59 Å². The van der Waals surface area contributed by atoms with Crippen LogP contribution in [-0.4, -0.2) is 13.0 Å². The molecular weight excluding hydrogens is 318 g/mol. The Morgan fingerprint density at radius 3 is 2.44 bits per heavy atom. The number of amides is 1. The van der Waals surface area contributed by atoms with Crippen molar-refractivity contribution in [2.24, 2.45) is 0 Å². The van der Waals surface area contributed by atoms with Crippen molar-refractivity contribution in [3.05, 3.63) is 70.1 Å². The molecule has 1 aromatic heterocycles. The summed E-state index contributed by atoms with van der Waals surface area (Å²) in [5.41, 5.74) is 1.86. The third-order valence-corrected chi connectivity index (χ3v) is 4.03. The number of nitrogens with one attached hydrogen (secondary N) is 1. The van der Waals surface area contributed by atoms with Crippen molar-refractivity contribution >= 4 is 22.6 Å². The number of hydrogen-bond acceptors (Lipinski definition) is 4. The maximum atomic E-state index is 12.6. The molecule has 0 bridgehead atoms. The molecule has 25 heavy (non-hydrogen) atoms. The van der Waals surface area contributed by atoms with E-state index in [1.807, 2.05) is 24.3 Å². The standard InChI is InChI=1S/C20H19NO4/c1-12(2)13-4-6-14(7-5-13)21-20(23)17-11-19(22)25-18-10-15(24-3)8-9-16(17)18/h4-12H,1-3H3,(H,21,23). The molecular formula is C20H19NO4. The van der Waals surface area contributed by atoms with Crippen LogP contribution >= 0.6 is 0 Å². The van der Waals surface area contributed by atoms with Crippen LogP contribution in [0.1, 0.15) is 35.7 Å². The highest BCUT2D eigenvalue weighted by molar-refractivity contribution is 6.12. The molecule has 5 heteroatoms. The summed E-state index contributed by atoms with van der Waals surface area (Å²) in [4.78, 5) is 24.4. The summed E-state index contributed by atoms with van der Waals surface area (Å²) in [6.45, 7) is 4.22. The molecule has 0 saturated heterocycles. The largest absolute Gasteiger partial charge is 0.497 e. The molecule has 128 valence electrons. The highest BCUT2D eigenvalue weighted by atomic mass is 16.5. The Balaban J connectivity index is 1.95. The Kier molecular flexibility index (Phi) is 4.57. The zero-order valence-electron chi connectivity index (χ0n) is 14.3. The first-order valence-electron chi connectivity index (χ1n) is 8.01. The van der Waals surface area contributed by atoms with Gasteiger partial charge in [0, 0.05) is 23.2 Å². The third kappa shape index (κ3) is 3.55. The fraction of sp³-hybridized carbons (Fsp3) is 0.200. The summed E-state index contributed by atoms with van der Waals surface area (Å²) in [5.74, 6) is 0.611. The molecule has 3 aromatic rings. The number of fused-ring (bicyclic) bond motifs is 1. The van der Waals surface area contributed by atoms with E-state index in [4.69, 9.17) is 9.15 Å². The van der Waals surface area contributed by atoms with Gasteiger partial charge >= 0.3 is 5.63 Å². The van der Waals surface area contributed by atoms with Crippen molar-refractivity contribution in [3.63, 3.8) is 0 Å². The molecule has 1 amide bonds. The van der Waals surface area contributed by atoms with Crippen LogP contribution in [0.3, 0.4) is 0 Å². The SMILES string of the molecule is COc1ccc2c(C(=O)Nc3ccc(C(C)C)cc3)cc(=O)oc2c1. The fourth-order valence-corrected chi connectivity index (χ4v) is 2.61. The fourth-order valence-electron chi connectivity index (χ4n) is 2.61. The highest BCUT2D eigenvalue weighted by Gasteiger charge is 2.14. The van der Waals surface area contributed by atoms with E-state index in [-0.39, 0.29) is 11.5 Å². The van der Waals surface area contributed by atoms with Crippen molar-refractivity contribution < 1.29 is 13.9 Å². The van der Waals surface area contributed by atoms with Gasteiger partial charge in [-0.15, -0.1) is 0 Å². The average Bonchev–Trinajstić information content (AvgIpc) is 2.60. The smallest absolute Gasteiger partial charge is 0.337 e. The first-order valence-corrected chi connectivity index (χ1v) is 8.01. The lowest BCUT2D eigenvalue weighted by molar-refractivity contribution is 0.102. The second kappa shape index (κ2) is 6.81. The van der Waals surface area contributed by atoms with Crippen molar-refractivity contribution in [1.29, 1.82) is 0 Å². The second-order valence-electron chi connectivity index (χ2n) is 6.07. The van der Waals surface area contributed by atoms with Gasteiger partial charge in [-0.2, -0.15) is 0 Å². The third-order valence-electron chi connectivity index (χ3n) is 4.03. The topological polar surface area (TPSA) is 68.5 Å². The van der Waals surface area contributed by atoms with Crippen molar-refractivity contribution in [3.8, 4) is 5.75 Å². The zero-order chi connectivity index (χ0) is 18.0. The average molecular weight is 337 g/mol. The molecule has 3 rings (SSSR count). The Hall–Kier alpha value is -3.08. The zero-order valence-corrected chi connectivity index (χ0v) is 14.3. The second-order valence-corrected chi connectivity index (χ2v) is 6.07. The quantitative estimate of drug-likeness (QED) is 0.725. The summed E-state index contributed by atoms with van der Waals surface area (Å²) in [7, 11) is 1.52. The monoisotopic (exact) mass is 337 g/mol. The molecule has 0 unspecified atom stereocenters. The van der Waals surface area contributed by atoms with Gasteiger partial charge in [0.1, 0.15) is 11.3 Å². The number of methoxy groups -OCH3 is 1. The van der Waals surface area contributed by atoms with E-state index in [0.717, 1.165) is 0 Å². The van der Waals surface area contributed by atoms with Crippen LogP contribution in [0.4, 0.5) is 5.69 Å². The number of hydrogen-bond donors (Lipinski definition) is 1. The van der Waals surface area contributed by atoms with Crippen LogP contribution in [-0.2, 0) is 0 Å². The van der Waals surface area contributed by atoms with E-state index >= 15 is 0 Å². The van der Waals surface area contributed by atoms with E-state index in [0.29, 0.717) is 28.3 Å². The number of benzene rings is 2. The lowest BCUT2D eigenvalue weighted by atomic mass is 10.0. The van der Waals surface area contributed by atoms with Crippen LogP contribution < -0.4 is 15.7 Å².